The molecule has 0 bridgehead atoms. The van der Waals surface area contributed by atoms with Crippen LogP contribution in [0.2, 0.25) is 0 Å². The van der Waals surface area contributed by atoms with Crippen LogP contribution >= 0.6 is 0 Å². The van der Waals surface area contributed by atoms with Crippen molar-refractivity contribution >= 4 is 29.5 Å². The lowest BCUT2D eigenvalue weighted by molar-refractivity contribution is -0.122. The molecule has 1 heterocycles. The largest absolute Gasteiger partial charge is 0.325 e. The van der Waals surface area contributed by atoms with Gasteiger partial charge in [-0.1, -0.05) is 42.5 Å². The van der Waals surface area contributed by atoms with Gasteiger partial charge in [0.2, 0.25) is 5.91 Å². The van der Waals surface area contributed by atoms with E-state index in [1.165, 1.54) is 24.3 Å². The van der Waals surface area contributed by atoms with E-state index in [1.807, 2.05) is 24.3 Å². The molecule has 2 aliphatic rings. The zero-order chi connectivity index (χ0) is 22.3. The summed E-state index contributed by atoms with van der Waals surface area (Å²) in [5.74, 6) is -1.21. The average Bonchev–Trinajstić information content (AvgIpc) is 3.02. The number of rotatable bonds is 2. The number of fused-ring (bicyclic) bond motifs is 2. The number of Topliss-reactive ketones (excluding diaryl/α,β-unsaturated/α-hetero) is 1. The number of nitrogens with one attached hydrogen (secondary N) is 1. The molecule has 0 unspecified atom stereocenters. The van der Waals surface area contributed by atoms with E-state index in [0.29, 0.717) is 22.3 Å². The summed E-state index contributed by atoms with van der Waals surface area (Å²) in [6.07, 6.45) is 3.68. The van der Waals surface area contributed by atoms with Gasteiger partial charge in [-0.3, -0.25) is 9.59 Å². The fourth-order valence-corrected chi connectivity index (χ4v) is 4.63. The summed E-state index contributed by atoms with van der Waals surface area (Å²) < 4.78 is 27.5. The Labute approximate surface area is 184 Å². The smallest absolute Gasteiger partial charge is 0.235 e. The number of hydrogen-bond donors (Lipinski definition) is 1. The van der Waals surface area contributed by atoms with Gasteiger partial charge in [-0.05, 0) is 72.0 Å². The van der Waals surface area contributed by atoms with Gasteiger partial charge in [-0.15, -0.1) is 0 Å². The minimum atomic E-state index is -0.956. The van der Waals surface area contributed by atoms with Gasteiger partial charge in [0, 0.05) is 16.8 Å². The normalized spacial score (nSPS) is 22.4. The van der Waals surface area contributed by atoms with Crippen molar-refractivity contribution in [3.63, 3.8) is 0 Å². The van der Waals surface area contributed by atoms with E-state index in [0.717, 1.165) is 11.3 Å². The number of benzene rings is 3. The van der Waals surface area contributed by atoms with E-state index in [2.05, 4.69) is 5.32 Å². The molecule has 3 aromatic carbocycles. The van der Waals surface area contributed by atoms with Gasteiger partial charge in [-0.2, -0.15) is 0 Å². The van der Waals surface area contributed by atoms with E-state index in [9.17, 15) is 18.4 Å². The Balaban J connectivity index is 1.67. The molecule has 5 heteroatoms. The van der Waals surface area contributed by atoms with Crippen molar-refractivity contribution in [1.29, 1.82) is 0 Å². The van der Waals surface area contributed by atoms with Gasteiger partial charge in [0.25, 0.3) is 0 Å². The van der Waals surface area contributed by atoms with Gasteiger partial charge < -0.3 is 5.32 Å². The van der Waals surface area contributed by atoms with Gasteiger partial charge in [0.05, 0.1) is 5.41 Å². The maximum Gasteiger partial charge on any atom is 0.235 e. The summed E-state index contributed by atoms with van der Waals surface area (Å²) in [5, 5.41) is 2.94. The third-order valence-electron chi connectivity index (χ3n) is 6.07. The molecule has 158 valence electrons. The van der Waals surface area contributed by atoms with Crippen LogP contribution in [0, 0.1) is 11.6 Å². The van der Waals surface area contributed by atoms with Crippen LogP contribution in [0.1, 0.15) is 29.5 Å². The molecule has 1 amide bonds. The Kier molecular flexibility index (Phi) is 4.82. The molecule has 5 rings (SSSR count). The molecule has 32 heavy (non-hydrogen) atoms. The number of carbonyl (C=O) groups is 2. The zero-order valence-electron chi connectivity index (χ0n) is 17.1. The predicted molar refractivity (Wildman–Crippen MR) is 120 cm³/mol. The summed E-state index contributed by atoms with van der Waals surface area (Å²) >= 11 is 0. The van der Waals surface area contributed by atoms with Crippen LogP contribution in [-0.4, -0.2) is 11.7 Å². The first-order valence-corrected chi connectivity index (χ1v) is 10.3. The molecule has 3 aromatic rings. The molecule has 0 aromatic heterocycles. The van der Waals surface area contributed by atoms with E-state index >= 15 is 0 Å². The highest BCUT2D eigenvalue weighted by Crippen LogP contribution is 2.50. The zero-order valence-corrected chi connectivity index (χ0v) is 17.1. The summed E-state index contributed by atoms with van der Waals surface area (Å²) in [4.78, 5) is 26.6. The van der Waals surface area contributed by atoms with Crippen LogP contribution in [0.5, 0.6) is 0 Å². The van der Waals surface area contributed by atoms with Gasteiger partial charge in [0.1, 0.15) is 11.6 Å². The molecular weight excluding hydrogens is 408 g/mol. The Hall–Kier alpha value is -3.86. The van der Waals surface area contributed by atoms with Gasteiger partial charge in [0.15, 0.2) is 5.78 Å². The summed E-state index contributed by atoms with van der Waals surface area (Å²) in [5.41, 5.74) is 2.51. The molecule has 1 fully saturated rings. The van der Waals surface area contributed by atoms with Crippen molar-refractivity contribution in [1.82, 2.24) is 0 Å². The Morgan fingerprint density at radius 2 is 1.31 bits per heavy atom. The topological polar surface area (TPSA) is 46.2 Å². The number of carbonyl (C=O) groups excluding carboxylic acids is 2. The highest BCUT2D eigenvalue weighted by molar-refractivity contribution is 6.18. The third kappa shape index (κ3) is 3.46. The Morgan fingerprint density at radius 3 is 1.88 bits per heavy atom. The van der Waals surface area contributed by atoms with Crippen molar-refractivity contribution in [3.05, 3.63) is 112 Å². The molecule has 3 nitrogen and oxygen atoms in total. The van der Waals surface area contributed by atoms with Crippen LogP contribution < -0.4 is 5.32 Å². The minimum absolute atomic E-state index is 0.179. The number of amides is 1. The quantitative estimate of drug-likeness (QED) is 0.535. The Morgan fingerprint density at radius 1 is 0.750 bits per heavy atom. The van der Waals surface area contributed by atoms with Crippen LogP contribution in [0.4, 0.5) is 14.5 Å². The number of allylic oxidation sites excluding steroid dienone is 2. The molecule has 1 aliphatic carbocycles. The molecule has 1 N–H and O–H groups in total. The number of hydrogen-bond acceptors (Lipinski definition) is 2. The summed E-state index contributed by atoms with van der Waals surface area (Å²) in [6.45, 7) is 0. The van der Waals surface area contributed by atoms with Crippen molar-refractivity contribution in [3.8, 4) is 0 Å². The molecule has 1 saturated carbocycles. The van der Waals surface area contributed by atoms with Crippen molar-refractivity contribution in [2.24, 2.45) is 0 Å². The standard InChI is InChI=1S/C27H19F2NO2/c28-21-7-3-5-17(13-21)11-19-15-27(23-9-1-2-10-24(23)30-26(27)32)16-20(25(19)31)12-18-6-4-8-22(29)14-18/h1-14H,15-16H2,(H,30,32). The molecule has 1 spiro atoms. The first kappa shape index (κ1) is 20.1. The third-order valence-corrected chi connectivity index (χ3v) is 6.07. The number of ketones is 1. The second kappa shape index (κ2) is 7.68. The highest BCUT2D eigenvalue weighted by Gasteiger charge is 2.51. The van der Waals surface area contributed by atoms with E-state index in [1.54, 1.807) is 36.4 Å². The van der Waals surface area contributed by atoms with Crippen LogP contribution in [0.15, 0.2) is 83.9 Å². The van der Waals surface area contributed by atoms with E-state index in [-0.39, 0.29) is 24.5 Å². The lowest BCUT2D eigenvalue weighted by Crippen LogP contribution is -2.40. The number of anilines is 1. The summed E-state index contributed by atoms with van der Waals surface area (Å²) in [6, 6.07) is 19.4. The van der Waals surface area contributed by atoms with Crippen molar-refractivity contribution in [2.75, 3.05) is 5.32 Å². The van der Waals surface area contributed by atoms with Crippen molar-refractivity contribution in [2.45, 2.75) is 18.3 Å². The van der Waals surface area contributed by atoms with E-state index in [4.69, 9.17) is 0 Å². The lowest BCUT2D eigenvalue weighted by atomic mass is 9.65. The second-order valence-electron chi connectivity index (χ2n) is 8.21. The first-order valence-electron chi connectivity index (χ1n) is 10.3. The van der Waals surface area contributed by atoms with Crippen LogP contribution in [0.3, 0.4) is 0 Å². The maximum absolute atomic E-state index is 13.7. The summed E-state index contributed by atoms with van der Waals surface area (Å²) in [7, 11) is 0. The highest BCUT2D eigenvalue weighted by atomic mass is 19.1. The fraction of sp³-hybridized carbons (Fsp3) is 0.111. The SMILES string of the molecule is O=C1C(=Cc2cccc(F)c2)CC2(CC1=Cc1cccc(F)c1)C(=O)Nc1ccccc12. The second-order valence-corrected chi connectivity index (χ2v) is 8.21. The van der Waals surface area contributed by atoms with Gasteiger partial charge >= 0.3 is 0 Å². The Bertz CT molecular complexity index is 1250. The molecule has 1 aliphatic heterocycles. The molecule has 0 atom stereocenters. The van der Waals surface area contributed by atoms with Crippen LogP contribution in [-0.2, 0) is 15.0 Å². The van der Waals surface area contributed by atoms with Gasteiger partial charge in [-0.25, -0.2) is 8.78 Å². The van der Waals surface area contributed by atoms with Crippen LogP contribution in [0.25, 0.3) is 12.2 Å². The number of halogens is 2. The molecule has 0 radical (unpaired) electrons. The molecular formula is C27H19F2NO2. The predicted octanol–water partition coefficient (Wildman–Crippen LogP) is 5.68. The first-order chi connectivity index (χ1) is 15.4. The average molecular weight is 427 g/mol. The minimum Gasteiger partial charge on any atom is -0.325 e. The number of para-hydroxylation sites is 1. The molecule has 0 saturated heterocycles. The fourth-order valence-electron chi connectivity index (χ4n) is 4.63. The monoisotopic (exact) mass is 427 g/mol. The van der Waals surface area contributed by atoms with E-state index < -0.39 is 17.0 Å². The lowest BCUT2D eigenvalue weighted by Gasteiger charge is -2.34. The maximum atomic E-state index is 13.7. The van der Waals surface area contributed by atoms with Crippen molar-refractivity contribution < 1.29 is 18.4 Å².